The first-order chi connectivity index (χ1) is 32.4. The molecule has 2 amide bonds. The first kappa shape index (κ1) is 49.0. The van der Waals surface area contributed by atoms with Crippen molar-refractivity contribution in [1.82, 2.24) is 4.90 Å². The fourth-order valence-corrected chi connectivity index (χ4v) is 10.2. The van der Waals surface area contributed by atoms with Gasteiger partial charge in [0.05, 0.1) is 38.1 Å². The molecule has 0 radical (unpaired) electrons. The number of rotatable bonds is 20. The highest BCUT2D eigenvalue weighted by molar-refractivity contribution is 6.04. The van der Waals surface area contributed by atoms with E-state index in [4.69, 9.17) is 33.7 Å². The van der Waals surface area contributed by atoms with Crippen LogP contribution < -0.4 is 24.3 Å². The molecule has 1 aliphatic heterocycles. The molecule has 1 heterocycles. The van der Waals surface area contributed by atoms with Crippen LogP contribution in [-0.2, 0) is 9.57 Å². The molecule has 0 aromatic heterocycles. The number of hydrogen-bond donors (Lipinski definition) is 3. The Morgan fingerprint density at radius 1 is 0.925 bits per heavy atom. The van der Waals surface area contributed by atoms with Gasteiger partial charge in [-0.25, -0.2) is 4.79 Å². The van der Waals surface area contributed by atoms with Crippen LogP contribution in [0.25, 0.3) is 10.8 Å². The summed E-state index contributed by atoms with van der Waals surface area (Å²) in [5, 5.41) is 29.8. The van der Waals surface area contributed by atoms with Crippen molar-refractivity contribution >= 4 is 34.2 Å². The van der Waals surface area contributed by atoms with E-state index in [2.05, 4.69) is 24.9 Å². The number of aliphatic hydroxyl groups is 2. The van der Waals surface area contributed by atoms with Crippen molar-refractivity contribution in [2.75, 3.05) is 45.9 Å². The van der Waals surface area contributed by atoms with Gasteiger partial charge in [-0.05, 0) is 124 Å². The van der Waals surface area contributed by atoms with Crippen molar-refractivity contribution in [3.05, 3.63) is 114 Å². The first-order valence-electron chi connectivity index (χ1n) is 23.7. The van der Waals surface area contributed by atoms with Crippen molar-refractivity contribution < 1.29 is 48.3 Å². The van der Waals surface area contributed by atoms with Gasteiger partial charge in [-0.2, -0.15) is 0 Å². The molecule has 67 heavy (non-hydrogen) atoms. The van der Waals surface area contributed by atoms with E-state index in [1.54, 1.807) is 37.5 Å². The largest absolute Gasteiger partial charge is 0.497 e. The van der Waals surface area contributed by atoms with Gasteiger partial charge in [0, 0.05) is 49.3 Å². The summed E-state index contributed by atoms with van der Waals surface area (Å²) in [6.45, 7) is 12.7. The van der Waals surface area contributed by atoms with E-state index < -0.39 is 29.4 Å². The third kappa shape index (κ3) is 10.8. The lowest BCUT2D eigenvalue weighted by Crippen LogP contribution is -2.70. The smallest absolute Gasteiger partial charge is 0.417 e. The van der Waals surface area contributed by atoms with Crippen molar-refractivity contribution in [2.45, 2.75) is 102 Å². The van der Waals surface area contributed by atoms with Gasteiger partial charge >= 0.3 is 6.09 Å². The predicted molar refractivity (Wildman–Crippen MR) is 260 cm³/mol. The standard InChI is InChI=1S/C54H67N3O10/c1-8-26-57(51(60)38-21-20-35-16-10-11-17-36(35)30-38)48-34-45(56-67-53(3,4)5)42-31-37(18-12-14-27-58)41(19-13-15-28-59)49-43-32-40(23-25-46(43)66-54(48,50(42)49)64-29-9-2)65-52(61)55-44-24-22-39(62-6)33-47(44)63-7/h9-11,16-17,20-25,30-33,37,41,48-50,58-59H,2,8,12-15,18-19,26-29,34H2,1,3-7H3,(H,55,61). The zero-order chi connectivity index (χ0) is 47.7. The second kappa shape index (κ2) is 21.8. The van der Waals surface area contributed by atoms with Gasteiger partial charge in [0.2, 0.25) is 5.79 Å². The number of fused-ring (bicyclic) bond motifs is 3. The van der Waals surface area contributed by atoms with Gasteiger partial charge in [-0.3, -0.25) is 10.1 Å². The average molecular weight is 918 g/mol. The normalized spacial score (nSPS) is 22.4. The first-order valence-corrected chi connectivity index (χ1v) is 23.7. The van der Waals surface area contributed by atoms with Crippen LogP contribution in [0.4, 0.5) is 10.5 Å². The Balaban J connectivity index is 1.42. The quantitative estimate of drug-likeness (QED) is 0.0443. The number of aliphatic hydroxyl groups excluding tert-OH is 2. The zero-order valence-electron chi connectivity index (χ0n) is 39.8. The van der Waals surface area contributed by atoms with Crippen molar-refractivity contribution in [3.63, 3.8) is 0 Å². The second-order valence-corrected chi connectivity index (χ2v) is 18.6. The summed E-state index contributed by atoms with van der Waals surface area (Å²) in [5.41, 5.74) is 2.77. The monoisotopic (exact) mass is 917 g/mol. The number of ether oxygens (including phenoxy) is 5. The summed E-state index contributed by atoms with van der Waals surface area (Å²) in [7, 11) is 3.06. The fourth-order valence-electron chi connectivity index (χ4n) is 10.2. The van der Waals surface area contributed by atoms with E-state index in [-0.39, 0.29) is 49.9 Å². The minimum atomic E-state index is -1.45. The maximum Gasteiger partial charge on any atom is 0.417 e. The van der Waals surface area contributed by atoms with Crippen LogP contribution in [0.15, 0.2) is 108 Å². The molecule has 13 nitrogen and oxygen atoms in total. The molecule has 358 valence electrons. The second-order valence-electron chi connectivity index (χ2n) is 18.6. The van der Waals surface area contributed by atoms with Crippen LogP contribution in [0.1, 0.15) is 101 Å². The molecule has 0 spiro atoms. The van der Waals surface area contributed by atoms with Gasteiger partial charge in [-0.15, -0.1) is 6.58 Å². The molecule has 3 aliphatic rings. The van der Waals surface area contributed by atoms with E-state index >= 15 is 4.79 Å². The summed E-state index contributed by atoms with van der Waals surface area (Å²) in [6.07, 6.45) is 8.57. The molecule has 6 unspecified atom stereocenters. The van der Waals surface area contributed by atoms with E-state index in [1.807, 2.05) is 80.3 Å². The third-order valence-electron chi connectivity index (χ3n) is 13.0. The molecule has 2 aliphatic carbocycles. The highest BCUT2D eigenvalue weighted by atomic mass is 16.7. The molecule has 0 bridgehead atoms. The maximum absolute atomic E-state index is 15.3. The number of benzene rings is 4. The molecular formula is C54H67N3O10. The number of allylic oxidation sites excluding steroid dienone is 1. The lowest BCUT2D eigenvalue weighted by molar-refractivity contribution is -0.254. The van der Waals surface area contributed by atoms with Crippen molar-refractivity contribution in [1.29, 1.82) is 0 Å². The van der Waals surface area contributed by atoms with Crippen LogP contribution in [0.5, 0.6) is 23.0 Å². The number of methoxy groups -OCH3 is 2. The number of nitrogens with one attached hydrogen (secondary N) is 1. The Bertz CT molecular complexity index is 2440. The Kier molecular flexibility index (Phi) is 16.0. The fraction of sp³-hybridized carbons (Fsp3) is 0.463. The number of anilines is 1. The van der Waals surface area contributed by atoms with E-state index in [9.17, 15) is 15.0 Å². The lowest BCUT2D eigenvalue weighted by atomic mass is 9.55. The highest BCUT2D eigenvalue weighted by Crippen LogP contribution is 2.62. The highest BCUT2D eigenvalue weighted by Gasteiger charge is 2.65. The zero-order valence-corrected chi connectivity index (χ0v) is 39.8. The van der Waals surface area contributed by atoms with Gasteiger partial charge < -0.3 is 43.6 Å². The van der Waals surface area contributed by atoms with E-state index in [0.29, 0.717) is 65.8 Å². The van der Waals surface area contributed by atoms with Crippen molar-refractivity contribution in [3.8, 4) is 23.0 Å². The maximum atomic E-state index is 15.3. The average Bonchev–Trinajstić information content (AvgIpc) is 3.32. The molecule has 6 atom stereocenters. The summed E-state index contributed by atoms with van der Waals surface area (Å²) in [4.78, 5) is 37.1. The third-order valence-corrected chi connectivity index (χ3v) is 13.0. The predicted octanol–water partition coefficient (Wildman–Crippen LogP) is 10.5. The van der Waals surface area contributed by atoms with Gasteiger partial charge in [0.25, 0.3) is 5.91 Å². The molecular weight excluding hydrogens is 851 g/mol. The van der Waals surface area contributed by atoms with E-state index in [0.717, 1.165) is 47.6 Å². The van der Waals surface area contributed by atoms with Crippen molar-refractivity contribution in [2.24, 2.45) is 22.9 Å². The van der Waals surface area contributed by atoms with Gasteiger partial charge in [0.1, 0.15) is 34.6 Å². The number of carbonyl (C=O) groups excluding carboxylic acids is 2. The molecule has 3 N–H and O–H groups in total. The van der Waals surface area contributed by atoms with Crippen LogP contribution >= 0.6 is 0 Å². The summed E-state index contributed by atoms with van der Waals surface area (Å²) in [6, 6.07) is 23.6. The van der Waals surface area contributed by atoms with Gasteiger partial charge in [-0.1, -0.05) is 67.4 Å². The summed E-state index contributed by atoms with van der Waals surface area (Å²) in [5.74, 6) is -0.656. The number of hydrogen-bond acceptors (Lipinski definition) is 11. The Morgan fingerprint density at radius 3 is 2.37 bits per heavy atom. The number of carbonyl (C=O) groups is 2. The summed E-state index contributed by atoms with van der Waals surface area (Å²) < 4.78 is 31.5. The summed E-state index contributed by atoms with van der Waals surface area (Å²) >= 11 is 0. The number of unbranched alkanes of at least 4 members (excludes halogenated alkanes) is 2. The Hall–Kier alpha value is -5.89. The van der Waals surface area contributed by atoms with E-state index in [1.165, 1.54) is 7.11 Å². The lowest BCUT2D eigenvalue weighted by Gasteiger charge is -2.60. The molecule has 4 aromatic carbocycles. The number of oxime groups is 1. The molecule has 13 heteroatoms. The number of amides is 2. The van der Waals surface area contributed by atoms with Crippen LogP contribution in [0.3, 0.4) is 0 Å². The van der Waals surface area contributed by atoms with Crippen LogP contribution in [-0.4, -0.2) is 90.8 Å². The van der Waals surface area contributed by atoms with Crippen LogP contribution in [0.2, 0.25) is 0 Å². The number of nitrogens with zero attached hydrogens (tertiary/aromatic N) is 2. The Labute approximate surface area is 394 Å². The van der Waals surface area contributed by atoms with Gasteiger partial charge in [0.15, 0.2) is 0 Å². The Morgan fingerprint density at radius 2 is 1.67 bits per heavy atom. The molecule has 1 fully saturated rings. The molecule has 7 rings (SSSR count). The van der Waals surface area contributed by atoms with Crippen LogP contribution in [0, 0.1) is 17.8 Å². The minimum absolute atomic E-state index is 0.0160. The molecule has 1 saturated carbocycles. The molecule has 4 aromatic rings. The topological polar surface area (TPSA) is 158 Å². The molecule has 0 saturated heterocycles. The SMILES string of the molecule is C=CCOC12Oc3ccc(OC(=O)Nc4ccc(OC)cc4OC)cc3C3C(CCCCO)C(CCCCO)C=C(C(=NOC(C)(C)C)CC1N(CCC)C(=O)c1ccc4ccccc4c1)C32. The minimum Gasteiger partial charge on any atom is -0.497 e.